The molecular weight excluding hydrogens is 439 g/mol. The van der Waals surface area contributed by atoms with Crippen LogP contribution >= 0.6 is 23.2 Å². The Morgan fingerprint density at radius 3 is 2.55 bits per heavy atom. The van der Waals surface area contributed by atoms with Crippen molar-refractivity contribution in [3.8, 4) is 11.5 Å². The first-order valence-corrected chi connectivity index (χ1v) is 10.1. The Kier molecular flexibility index (Phi) is 8.15. The Bertz CT molecular complexity index is 1060. The van der Waals surface area contributed by atoms with Gasteiger partial charge in [-0.15, -0.1) is 0 Å². The summed E-state index contributed by atoms with van der Waals surface area (Å²) in [6, 6.07) is 19.6. The number of halogens is 2. The zero-order valence-electron chi connectivity index (χ0n) is 16.7. The van der Waals surface area contributed by atoms with Crippen molar-refractivity contribution in [3.63, 3.8) is 0 Å². The van der Waals surface area contributed by atoms with Crippen molar-refractivity contribution in [3.05, 3.63) is 87.9 Å². The summed E-state index contributed by atoms with van der Waals surface area (Å²) >= 11 is 12.0. The summed E-state index contributed by atoms with van der Waals surface area (Å²) in [7, 11) is 1.55. The third-order valence-electron chi connectivity index (χ3n) is 4.13. The number of ether oxygens (including phenoxy) is 2. The maximum absolute atomic E-state index is 11.9. The van der Waals surface area contributed by atoms with E-state index < -0.39 is 0 Å². The molecule has 0 radical (unpaired) electrons. The second-order valence-electron chi connectivity index (χ2n) is 6.35. The van der Waals surface area contributed by atoms with Crippen LogP contribution in [0.15, 0.2) is 71.9 Å². The van der Waals surface area contributed by atoms with Crippen molar-refractivity contribution in [2.75, 3.05) is 19.0 Å². The molecule has 0 spiro atoms. The molecule has 0 aromatic heterocycles. The fourth-order valence-corrected chi connectivity index (χ4v) is 2.90. The fourth-order valence-electron chi connectivity index (χ4n) is 2.58. The monoisotopic (exact) mass is 458 g/mol. The first-order valence-electron chi connectivity index (χ1n) is 9.30. The van der Waals surface area contributed by atoms with E-state index in [0.29, 0.717) is 33.8 Å². The summed E-state index contributed by atoms with van der Waals surface area (Å²) in [5.74, 6) is 0.777. The highest BCUT2D eigenvalue weighted by atomic mass is 35.5. The molecule has 0 aliphatic rings. The molecule has 31 heavy (non-hydrogen) atoms. The number of amides is 1. The molecule has 3 aromatic carbocycles. The Morgan fingerprint density at radius 1 is 1.03 bits per heavy atom. The van der Waals surface area contributed by atoms with Gasteiger partial charge in [-0.05, 0) is 48.5 Å². The Balaban J connectivity index is 1.51. The molecule has 0 aliphatic heterocycles. The van der Waals surface area contributed by atoms with E-state index in [-0.39, 0.29) is 12.5 Å². The molecule has 0 saturated heterocycles. The summed E-state index contributed by atoms with van der Waals surface area (Å²) < 4.78 is 11.2. The average Bonchev–Trinajstić information content (AvgIpc) is 2.78. The predicted molar refractivity (Wildman–Crippen MR) is 122 cm³/mol. The zero-order chi connectivity index (χ0) is 22.1. The number of rotatable bonds is 9. The standard InChI is InChI=1S/C23H20Cl2N2O4/c1-29-22-12-16(6-11-21(22)30-14-17-4-2-3-5-20(17)25)13-26-31-15-23(28)27-19-9-7-18(24)8-10-19/h2-13H,14-15H2,1H3,(H,27,28)/b26-13+. The van der Waals surface area contributed by atoms with Crippen molar-refractivity contribution in [1.29, 1.82) is 0 Å². The highest BCUT2D eigenvalue weighted by Gasteiger charge is 2.07. The molecule has 6 nitrogen and oxygen atoms in total. The minimum atomic E-state index is -0.333. The summed E-state index contributed by atoms with van der Waals surface area (Å²) in [5.41, 5.74) is 2.22. The summed E-state index contributed by atoms with van der Waals surface area (Å²) in [6.45, 7) is 0.0879. The van der Waals surface area contributed by atoms with Crippen LogP contribution in [0, 0.1) is 0 Å². The first kappa shape index (κ1) is 22.5. The number of nitrogens with zero attached hydrogens (tertiary/aromatic N) is 1. The van der Waals surface area contributed by atoms with Crippen molar-refractivity contribution >= 4 is 41.0 Å². The van der Waals surface area contributed by atoms with Crippen LogP contribution in [0.3, 0.4) is 0 Å². The molecule has 0 fully saturated rings. The molecule has 1 N–H and O–H groups in total. The highest BCUT2D eigenvalue weighted by Crippen LogP contribution is 2.29. The number of nitrogens with one attached hydrogen (secondary N) is 1. The van der Waals surface area contributed by atoms with Gasteiger partial charge in [0.05, 0.1) is 13.3 Å². The number of oxime groups is 1. The van der Waals surface area contributed by atoms with E-state index in [4.69, 9.17) is 37.5 Å². The number of hydrogen-bond donors (Lipinski definition) is 1. The van der Waals surface area contributed by atoms with Crippen LogP contribution in [0.1, 0.15) is 11.1 Å². The summed E-state index contributed by atoms with van der Waals surface area (Å²) in [4.78, 5) is 16.9. The molecule has 1 amide bonds. The second kappa shape index (κ2) is 11.2. The van der Waals surface area contributed by atoms with Gasteiger partial charge in [0.25, 0.3) is 5.91 Å². The van der Waals surface area contributed by atoms with Crippen molar-refractivity contribution in [1.82, 2.24) is 0 Å². The predicted octanol–water partition coefficient (Wildman–Crippen LogP) is 5.57. The molecular formula is C23H20Cl2N2O4. The van der Waals surface area contributed by atoms with Gasteiger partial charge in [0.2, 0.25) is 0 Å². The molecule has 0 aliphatic carbocycles. The van der Waals surface area contributed by atoms with E-state index >= 15 is 0 Å². The lowest BCUT2D eigenvalue weighted by molar-refractivity contribution is -0.120. The minimum absolute atomic E-state index is 0.227. The maximum Gasteiger partial charge on any atom is 0.265 e. The lowest BCUT2D eigenvalue weighted by Gasteiger charge is -2.12. The molecule has 0 saturated carbocycles. The van der Waals surface area contributed by atoms with Gasteiger partial charge in [0.1, 0.15) is 6.61 Å². The SMILES string of the molecule is COc1cc(/C=N/OCC(=O)Nc2ccc(Cl)cc2)ccc1OCc1ccccc1Cl. The Morgan fingerprint density at radius 2 is 1.81 bits per heavy atom. The fraction of sp³-hybridized carbons (Fsp3) is 0.130. The van der Waals surface area contributed by atoms with Crippen molar-refractivity contribution in [2.24, 2.45) is 5.16 Å². The molecule has 8 heteroatoms. The molecule has 0 atom stereocenters. The molecule has 160 valence electrons. The number of benzene rings is 3. The number of methoxy groups -OCH3 is 1. The lowest BCUT2D eigenvalue weighted by atomic mass is 10.2. The summed E-state index contributed by atoms with van der Waals surface area (Å²) in [5, 5.41) is 7.74. The molecule has 0 unspecified atom stereocenters. The highest BCUT2D eigenvalue weighted by molar-refractivity contribution is 6.31. The van der Waals surface area contributed by atoms with E-state index in [9.17, 15) is 4.79 Å². The largest absolute Gasteiger partial charge is 0.493 e. The first-order chi connectivity index (χ1) is 15.0. The summed E-state index contributed by atoms with van der Waals surface area (Å²) in [6.07, 6.45) is 1.48. The quantitative estimate of drug-likeness (QED) is 0.336. The van der Waals surface area contributed by atoms with E-state index in [0.717, 1.165) is 11.1 Å². The molecule has 3 aromatic rings. The average molecular weight is 459 g/mol. The van der Waals surface area contributed by atoms with Crippen molar-refractivity contribution < 1.29 is 19.1 Å². The van der Waals surface area contributed by atoms with E-state index in [1.54, 1.807) is 49.6 Å². The zero-order valence-corrected chi connectivity index (χ0v) is 18.2. The maximum atomic E-state index is 11.9. The number of carbonyl (C=O) groups is 1. The number of hydrogen-bond acceptors (Lipinski definition) is 5. The lowest BCUT2D eigenvalue weighted by Crippen LogP contribution is -2.16. The topological polar surface area (TPSA) is 69.2 Å². The third-order valence-corrected chi connectivity index (χ3v) is 4.75. The smallest absolute Gasteiger partial charge is 0.265 e. The van der Waals surface area contributed by atoms with Gasteiger partial charge in [-0.2, -0.15) is 0 Å². The van der Waals surface area contributed by atoms with Crippen LogP contribution in [-0.4, -0.2) is 25.8 Å². The second-order valence-corrected chi connectivity index (χ2v) is 7.20. The van der Waals surface area contributed by atoms with Crippen LogP contribution in [0.4, 0.5) is 5.69 Å². The van der Waals surface area contributed by atoms with Crippen LogP contribution in [-0.2, 0) is 16.2 Å². The van der Waals surface area contributed by atoms with Gasteiger partial charge < -0.3 is 19.6 Å². The molecule has 0 heterocycles. The van der Waals surface area contributed by atoms with Crippen LogP contribution in [0.5, 0.6) is 11.5 Å². The van der Waals surface area contributed by atoms with Gasteiger partial charge in [0.15, 0.2) is 18.1 Å². The van der Waals surface area contributed by atoms with E-state index in [1.807, 2.05) is 24.3 Å². The van der Waals surface area contributed by atoms with Crippen LogP contribution in [0.25, 0.3) is 0 Å². The number of carbonyl (C=O) groups excluding carboxylic acids is 1. The number of anilines is 1. The Labute approximate surface area is 190 Å². The molecule has 3 rings (SSSR count). The van der Waals surface area contributed by atoms with Crippen LogP contribution in [0.2, 0.25) is 10.0 Å². The van der Waals surface area contributed by atoms with Gasteiger partial charge in [-0.25, -0.2) is 0 Å². The van der Waals surface area contributed by atoms with Gasteiger partial charge in [-0.3, -0.25) is 4.79 Å². The van der Waals surface area contributed by atoms with E-state index in [2.05, 4.69) is 10.5 Å². The van der Waals surface area contributed by atoms with Gasteiger partial charge in [0, 0.05) is 26.9 Å². The van der Waals surface area contributed by atoms with E-state index in [1.165, 1.54) is 6.21 Å². The molecule has 0 bridgehead atoms. The normalized spacial score (nSPS) is 10.7. The van der Waals surface area contributed by atoms with Gasteiger partial charge >= 0.3 is 0 Å². The minimum Gasteiger partial charge on any atom is -0.493 e. The van der Waals surface area contributed by atoms with Gasteiger partial charge in [-0.1, -0.05) is 46.6 Å². The Hall–Kier alpha value is -3.22. The van der Waals surface area contributed by atoms with Crippen LogP contribution < -0.4 is 14.8 Å². The third kappa shape index (κ3) is 6.91. The van der Waals surface area contributed by atoms with Crippen molar-refractivity contribution in [2.45, 2.75) is 6.61 Å².